The van der Waals surface area contributed by atoms with Gasteiger partial charge in [0, 0.05) is 38.8 Å². The first-order valence-electron chi connectivity index (χ1n) is 6.63. The minimum absolute atomic E-state index is 0.0793. The third-order valence-corrected chi connectivity index (χ3v) is 3.40. The Bertz CT molecular complexity index is 588. The van der Waals surface area contributed by atoms with E-state index < -0.39 is 0 Å². The molecule has 0 saturated carbocycles. The maximum Gasteiger partial charge on any atom is 0.311 e. The molecule has 20 heavy (non-hydrogen) atoms. The summed E-state index contributed by atoms with van der Waals surface area (Å²) in [5.41, 5.74) is 1.19. The van der Waals surface area contributed by atoms with Gasteiger partial charge in [-0.05, 0) is 12.1 Å². The molecule has 0 bridgehead atoms. The Morgan fingerprint density at radius 1 is 1.10 bits per heavy atom. The van der Waals surface area contributed by atoms with Crippen LogP contribution in [0, 0.1) is 6.92 Å². The number of aromatic nitrogens is 2. The molecule has 1 aromatic heterocycles. The summed E-state index contributed by atoms with van der Waals surface area (Å²) < 4.78 is 5.18. The van der Waals surface area contributed by atoms with Crippen LogP contribution in [0.4, 0.5) is 5.69 Å². The third-order valence-electron chi connectivity index (χ3n) is 3.40. The lowest BCUT2D eigenvalue weighted by Gasteiger charge is -2.35. The lowest BCUT2D eigenvalue weighted by molar-refractivity contribution is 0.0705. The molecule has 1 saturated heterocycles. The molecule has 6 heteroatoms. The predicted molar refractivity (Wildman–Crippen MR) is 73.6 cm³/mol. The van der Waals surface area contributed by atoms with E-state index in [0.29, 0.717) is 19.0 Å². The molecule has 0 spiro atoms. The van der Waals surface area contributed by atoms with Gasteiger partial charge in [-0.15, -0.1) is 10.2 Å². The quantitative estimate of drug-likeness (QED) is 0.825. The molecule has 0 N–H and O–H groups in total. The van der Waals surface area contributed by atoms with Gasteiger partial charge in [0.2, 0.25) is 5.89 Å². The average Bonchev–Trinajstić information content (AvgIpc) is 2.94. The smallest absolute Gasteiger partial charge is 0.311 e. The van der Waals surface area contributed by atoms with E-state index in [9.17, 15) is 4.79 Å². The van der Waals surface area contributed by atoms with E-state index in [1.54, 1.807) is 11.8 Å². The highest BCUT2D eigenvalue weighted by Crippen LogP contribution is 2.16. The molecule has 0 aliphatic carbocycles. The van der Waals surface area contributed by atoms with E-state index in [-0.39, 0.29) is 11.8 Å². The fraction of sp³-hybridized carbons (Fsp3) is 0.357. The molecule has 3 rings (SSSR count). The van der Waals surface area contributed by atoms with Gasteiger partial charge in [0.1, 0.15) is 0 Å². The summed E-state index contributed by atoms with van der Waals surface area (Å²) in [6, 6.07) is 10.2. The molecular formula is C14H16N4O2. The normalized spacial score (nSPS) is 15.4. The van der Waals surface area contributed by atoms with Crippen LogP contribution in [0.3, 0.4) is 0 Å². The van der Waals surface area contributed by atoms with Gasteiger partial charge >= 0.3 is 11.8 Å². The van der Waals surface area contributed by atoms with Gasteiger partial charge < -0.3 is 14.2 Å². The van der Waals surface area contributed by atoms with Crippen LogP contribution in [0.15, 0.2) is 34.7 Å². The van der Waals surface area contributed by atoms with Crippen LogP contribution in [-0.4, -0.2) is 47.2 Å². The van der Waals surface area contributed by atoms with Crippen LogP contribution in [0.5, 0.6) is 0 Å². The first kappa shape index (κ1) is 12.7. The van der Waals surface area contributed by atoms with Crippen molar-refractivity contribution in [1.29, 1.82) is 0 Å². The molecule has 0 unspecified atom stereocenters. The first-order chi connectivity index (χ1) is 9.74. The molecule has 2 aromatic rings. The number of para-hydroxylation sites is 1. The largest absolute Gasteiger partial charge is 0.417 e. The standard InChI is InChI=1S/C14H16N4O2/c1-11-15-16-13(20-11)14(19)18-9-7-17(8-10-18)12-5-3-2-4-6-12/h2-6H,7-10H2,1H3. The molecular weight excluding hydrogens is 256 g/mol. The highest BCUT2D eigenvalue weighted by Gasteiger charge is 2.25. The third kappa shape index (κ3) is 2.49. The van der Waals surface area contributed by atoms with Crippen molar-refractivity contribution in [3.63, 3.8) is 0 Å². The van der Waals surface area contributed by atoms with Crippen LogP contribution in [0.25, 0.3) is 0 Å². The molecule has 6 nitrogen and oxygen atoms in total. The molecule has 2 heterocycles. The van der Waals surface area contributed by atoms with Gasteiger partial charge in [-0.25, -0.2) is 0 Å². The Hall–Kier alpha value is -2.37. The van der Waals surface area contributed by atoms with E-state index in [1.165, 1.54) is 5.69 Å². The predicted octanol–water partition coefficient (Wildman–Crippen LogP) is 1.34. The van der Waals surface area contributed by atoms with Crippen LogP contribution in [0.2, 0.25) is 0 Å². The summed E-state index contributed by atoms with van der Waals surface area (Å²) in [4.78, 5) is 16.2. The van der Waals surface area contributed by atoms with E-state index >= 15 is 0 Å². The Morgan fingerprint density at radius 2 is 1.80 bits per heavy atom. The van der Waals surface area contributed by atoms with Crippen molar-refractivity contribution in [2.75, 3.05) is 31.1 Å². The second-order valence-corrected chi connectivity index (χ2v) is 4.74. The van der Waals surface area contributed by atoms with Gasteiger partial charge in [0.05, 0.1) is 0 Å². The van der Waals surface area contributed by atoms with Crippen molar-refractivity contribution in [2.45, 2.75) is 6.92 Å². The number of piperazine rings is 1. The number of amides is 1. The summed E-state index contributed by atoms with van der Waals surface area (Å²) in [6.45, 7) is 4.62. The number of hydrogen-bond acceptors (Lipinski definition) is 5. The van der Waals surface area contributed by atoms with Crippen molar-refractivity contribution < 1.29 is 9.21 Å². The number of hydrogen-bond donors (Lipinski definition) is 0. The highest BCUT2D eigenvalue weighted by atomic mass is 16.4. The van der Waals surface area contributed by atoms with E-state index in [0.717, 1.165) is 13.1 Å². The maximum atomic E-state index is 12.2. The fourth-order valence-electron chi connectivity index (χ4n) is 2.32. The van der Waals surface area contributed by atoms with Gasteiger partial charge in [-0.1, -0.05) is 18.2 Å². The van der Waals surface area contributed by atoms with Gasteiger partial charge in [0.15, 0.2) is 0 Å². The lowest BCUT2D eigenvalue weighted by Crippen LogP contribution is -2.48. The zero-order chi connectivity index (χ0) is 13.9. The Balaban J connectivity index is 1.63. The van der Waals surface area contributed by atoms with Crippen LogP contribution >= 0.6 is 0 Å². The Kier molecular flexibility index (Phi) is 3.37. The molecule has 1 aliphatic rings. The molecule has 1 amide bonds. The second kappa shape index (κ2) is 5.32. The minimum Gasteiger partial charge on any atom is -0.417 e. The second-order valence-electron chi connectivity index (χ2n) is 4.74. The molecule has 0 radical (unpaired) electrons. The summed E-state index contributed by atoms with van der Waals surface area (Å²) in [7, 11) is 0. The number of carbonyl (C=O) groups excluding carboxylic acids is 1. The number of carbonyl (C=O) groups is 1. The Labute approximate surface area is 117 Å². The highest BCUT2D eigenvalue weighted by molar-refractivity contribution is 5.89. The molecule has 1 aliphatic heterocycles. The minimum atomic E-state index is -0.182. The van der Waals surface area contributed by atoms with Gasteiger partial charge in [-0.2, -0.15) is 0 Å². The zero-order valence-electron chi connectivity index (χ0n) is 11.3. The van der Waals surface area contributed by atoms with E-state index in [4.69, 9.17) is 4.42 Å². The summed E-state index contributed by atoms with van der Waals surface area (Å²) >= 11 is 0. The number of benzene rings is 1. The summed E-state index contributed by atoms with van der Waals surface area (Å²) in [5.74, 6) is 0.310. The van der Waals surface area contributed by atoms with Crippen molar-refractivity contribution in [1.82, 2.24) is 15.1 Å². The molecule has 0 atom stereocenters. The van der Waals surface area contributed by atoms with Crippen molar-refractivity contribution in [3.05, 3.63) is 42.1 Å². The number of anilines is 1. The molecule has 1 aromatic carbocycles. The fourth-order valence-corrected chi connectivity index (χ4v) is 2.32. The zero-order valence-corrected chi connectivity index (χ0v) is 11.3. The Morgan fingerprint density at radius 3 is 2.40 bits per heavy atom. The van der Waals surface area contributed by atoms with E-state index in [1.807, 2.05) is 18.2 Å². The number of nitrogens with zero attached hydrogens (tertiary/aromatic N) is 4. The topological polar surface area (TPSA) is 62.5 Å². The van der Waals surface area contributed by atoms with Crippen molar-refractivity contribution >= 4 is 11.6 Å². The van der Waals surface area contributed by atoms with Crippen LogP contribution < -0.4 is 4.90 Å². The van der Waals surface area contributed by atoms with E-state index in [2.05, 4.69) is 27.2 Å². The van der Waals surface area contributed by atoms with Crippen molar-refractivity contribution in [3.8, 4) is 0 Å². The number of rotatable bonds is 2. The average molecular weight is 272 g/mol. The van der Waals surface area contributed by atoms with Crippen LogP contribution in [-0.2, 0) is 0 Å². The first-order valence-corrected chi connectivity index (χ1v) is 6.63. The van der Waals surface area contributed by atoms with Gasteiger partial charge in [-0.3, -0.25) is 4.79 Å². The maximum absolute atomic E-state index is 12.2. The van der Waals surface area contributed by atoms with Gasteiger partial charge in [0.25, 0.3) is 0 Å². The molecule has 104 valence electrons. The summed E-state index contributed by atoms with van der Waals surface area (Å²) in [6.07, 6.45) is 0. The SMILES string of the molecule is Cc1nnc(C(=O)N2CCN(c3ccccc3)CC2)o1. The lowest BCUT2D eigenvalue weighted by atomic mass is 10.2. The molecule has 1 fully saturated rings. The van der Waals surface area contributed by atoms with Crippen LogP contribution in [0.1, 0.15) is 16.6 Å². The van der Waals surface area contributed by atoms with Crippen molar-refractivity contribution in [2.24, 2.45) is 0 Å². The summed E-state index contributed by atoms with van der Waals surface area (Å²) in [5, 5.41) is 7.47. The number of aryl methyl sites for hydroxylation is 1. The monoisotopic (exact) mass is 272 g/mol.